The quantitative estimate of drug-likeness (QED) is 0.414. The molecule has 1 aromatic rings. The zero-order valence-corrected chi connectivity index (χ0v) is 15.5. The fourth-order valence-corrected chi connectivity index (χ4v) is 3.81. The Hall–Kier alpha value is -1.07. The molecule has 1 saturated heterocycles. The molecule has 23 heavy (non-hydrogen) atoms. The first-order valence-electron chi connectivity index (χ1n) is 9.05. The van der Waals surface area contributed by atoms with Gasteiger partial charge in [0, 0.05) is 24.5 Å². The second kappa shape index (κ2) is 10.7. The minimum atomic E-state index is 0.578. The van der Waals surface area contributed by atoms with Gasteiger partial charge in [0.2, 0.25) is 0 Å². The molecule has 1 atom stereocenters. The molecular weight excluding hydrogens is 304 g/mol. The van der Waals surface area contributed by atoms with E-state index in [9.17, 15) is 0 Å². The predicted octanol–water partition coefficient (Wildman–Crippen LogP) is 2.97. The van der Waals surface area contributed by atoms with E-state index in [0.717, 1.165) is 32.0 Å². The van der Waals surface area contributed by atoms with Crippen LogP contribution in [0.3, 0.4) is 0 Å². The molecule has 1 aromatic heterocycles. The number of nitrogens with one attached hydrogen (secondary N) is 2. The minimum absolute atomic E-state index is 0.578. The Balaban J connectivity index is 1.66. The van der Waals surface area contributed by atoms with Crippen LogP contribution in [-0.2, 0) is 6.42 Å². The minimum Gasteiger partial charge on any atom is -0.357 e. The van der Waals surface area contributed by atoms with Crippen molar-refractivity contribution >= 4 is 17.3 Å². The van der Waals surface area contributed by atoms with Gasteiger partial charge in [-0.3, -0.25) is 4.99 Å². The highest BCUT2D eigenvalue weighted by Crippen LogP contribution is 2.14. The molecule has 1 aliphatic heterocycles. The van der Waals surface area contributed by atoms with Gasteiger partial charge in [-0.2, -0.15) is 0 Å². The second-order valence-electron chi connectivity index (χ2n) is 6.44. The Morgan fingerprint density at radius 3 is 2.87 bits per heavy atom. The molecule has 1 unspecified atom stereocenters. The van der Waals surface area contributed by atoms with Crippen molar-refractivity contribution in [3.8, 4) is 0 Å². The van der Waals surface area contributed by atoms with Crippen LogP contribution in [0, 0.1) is 5.92 Å². The predicted molar refractivity (Wildman–Crippen MR) is 101 cm³/mol. The first-order valence-corrected chi connectivity index (χ1v) is 9.92. The fraction of sp³-hybridized carbons (Fsp3) is 0.722. The lowest BCUT2D eigenvalue weighted by molar-refractivity contribution is 0.334. The van der Waals surface area contributed by atoms with Gasteiger partial charge in [0.15, 0.2) is 5.96 Å². The number of likely N-dealkylation sites (tertiary alicyclic amines) is 1. The monoisotopic (exact) mass is 336 g/mol. The van der Waals surface area contributed by atoms with Crippen molar-refractivity contribution in [2.45, 2.75) is 39.5 Å². The van der Waals surface area contributed by atoms with Crippen molar-refractivity contribution in [2.75, 3.05) is 39.3 Å². The molecule has 0 aliphatic carbocycles. The maximum atomic E-state index is 4.75. The Kier molecular flexibility index (Phi) is 8.47. The molecule has 1 aliphatic rings. The number of rotatable bonds is 9. The van der Waals surface area contributed by atoms with Crippen LogP contribution in [0.5, 0.6) is 0 Å². The Labute approximate surface area is 145 Å². The van der Waals surface area contributed by atoms with Crippen LogP contribution < -0.4 is 10.6 Å². The molecule has 130 valence electrons. The number of hydrogen-bond donors (Lipinski definition) is 2. The standard InChI is InChI=1S/C18H32N4S/c1-3-19-18(20-9-7-12-22-10-4-5-11-22)21-15-16(2)14-17-8-6-13-23-17/h6,8,13,16H,3-5,7,9-12,14-15H2,1-2H3,(H2,19,20,21). The van der Waals surface area contributed by atoms with Crippen LogP contribution >= 0.6 is 11.3 Å². The summed E-state index contributed by atoms with van der Waals surface area (Å²) < 4.78 is 0. The van der Waals surface area contributed by atoms with Crippen molar-refractivity contribution in [1.82, 2.24) is 15.5 Å². The van der Waals surface area contributed by atoms with Crippen molar-refractivity contribution in [2.24, 2.45) is 10.9 Å². The van der Waals surface area contributed by atoms with E-state index in [1.807, 2.05) is 11.3 Å². The third-order valence-corrected chi connectivity index (χ3v) is 5.08. The van der Waals surface area contributed by atoms with E-state index < -0.39 is 0 Å². The normalized spacial score (nSPS) is 17.4. The Morgan fingerprint density at radius 2 is 2.17 bits per heavy atom. The van der Waals surface area contributed by atoms with Crippen molar-refractivity contribution < 1.29 is 0 Å². The molecule has 2 N–H and O–H groups in total. The van der Waals surface area contributed by atoms with Crippen molar-refractivity contribution in [3.63, 3.8) is 0 Å². The van der Waals surface area contributed by atoms with Gasteiger partial charge < -0.3 is 15.5 Å². The van der Waals surface area contributed by atoms with Gasteiger partial charge in [0.25, 0.3) is 0 Å². The van der Waals surface area contributed by atoms with Crippen LogP contribution in [0.2, 0.25) is 0 Å². The first kappa shape index (κ1) is 18.3. The van der Waals surface area contributed by atoms with Gasteiger partial charge in [-0.05, 0) is 69.6 Å². The van der Waals surface area contributed by atoms with Crippen molar-refractivity contribution in [1.29, 1.82) is 0 Å². The van der Waals surface area contributed by atoms with E-state index in [2.05, 4.69) is 46.9 Å². The zero-order valence-electron chi connectivity index (χ0n) is 14.7. The van der Waals surface area contributed by atoms with E-state index >= 15 is 0 Å². The average Bonchev–Trinajstić information content (AvgIpc) is 3.22. The molecule has 0 saturated carbocycles. The van der Waals surface area contributed by atoms with Gasteiger partial charge in [-0.1, -0.05) is 13.0 Å². The van der Waals surface area contributed by atoms with Crippen LogP contribution in [0.1, 0.15) is 38.0 Å². The van der Waals surface area contributed by atoms with Crippen LogP contribution in [0.15, 0.2) is 22.5 Å². The van der Waals surface area contributed by atoms with Crippen LogP contribution in [-0.4, -0.2) is 50.1 Å². The summed E-state index contributed by atoms with van der Waals surface area (Å²) in [5.41, 5.74) is 0. The summed E-state index contributed by atoms with van der Waals surface area (Å²) in [6.45, 7) is 11.0. The number of hydrogen-bond acceptors (Lipinski definition) is 3. The summed E-state index contributed by atoms with van der Waals surface area (Å²) >= 11 is 1.84. The second-order valence-corrected chi connectivity index (χ2v) is 7.47. The van der Waals surface area contributed by atoms with Crippen LogP contribution in [0.4, 0.5) is 0 Å². The molecular formula is C18H32N4S. The maximum absolute atomic E-state index is 4.75. The highest BCUT2D eigenvalue weighted by atomic mass is 32.1. The molecule has 2 rings (SSSR count). The van der Waals surface area contributed by atoms with Gasteiger partial charge in [0.05, 0.1) is 0 Å². The molecule has 4 nitrogen and oxygen atoms in total. The Morgan fingerprint density at radius 1 is 1.35 bits per heavy atom. The number of aliphatic imine (C=N–C) groups is 1. The van der Waals surface area contributed by atoms with Gasteiger partial charge in [-0.15, -0.1) is 11.3 Å². The number of nitrogens with zero attached hydrogens (tertiary/aromatic N) is 2. The topological polar surface area (TPSA) is 39.7 Å². The molecule has 0 radical (unpaired) electrons. The lowest BCUT2D eigenvalue weighted by atomic mass is 10.1. The van der Waals surface area contributed by atoms with Gasteiger partial charge >= 0.3 is 0 Å². The smallest absolute Gasteiger partial charge is 0.191 e. The first-order chi connectivity index (χ1) is 11.3. The largest absolute Gasteiger partial charge is 0.357 e. The van der Waals surface area contributed by atoms with Crippen molar-refractivity contribution in [3.05, 3.63) is 22.4 Å². The molecule has 2 heterocycles. The molecule has 0 spiro atoms. The molecule has 1 fully saturated rings. The van der Waals surface area contributed by atoms with Gasteiger partial charge in [-0.25, -0.2) is 0 Å². The summed E-state index contributed by atoms with van der Waals surface area (Å²) in [4.78, 5) is 8.77. The Bertz CT molecular complexity index is 438. The lowest BCUT2D eigenvalue weighted by Gasteiger charge is -2.16. The molecule has 5 heteroatoms. The lowest BCUT2D eigenvalue weighted by Crippen LogP contribution is -2.39. The molecule has 0 aromatic carbocycles. The summed E-state index contributed by atoms with van der Waals surface area (Å²) in [5.74, 6) is 1.54. The number of thiophene rings is 1. The summed E-state index contributed by atoms with van der Waals surface area (Å²) in [7, 11) is 0. The van der Waals surface area contributed by atoms with E-state index in [4.69, 9.17) is 4.99 Å². The summed E-state index contributed by atoms with van der Waals surface area (Å²) in [6.07, 6.45) is 5.06. The summed E-state index contributed by atoms with van der Waals surface area (Å²) in [6, 6.07) is 4.34. The van der Waals surface area contributed by atoms with E-state index in [1.54, 1.807) is 0 Å². The highest BCUT2D eigenvalue weighted by molar-refractivity contribution is 7.09. The number of guanidine groups is 1. The van der Waals surface area contributed by atoms with E-state index in [0.29, 0.717) is 5.92 Å². The van der Waals surface area contributed by atoms with E-state index in [1.165, 1.54) is 43.8 Å². The maximum Gasteiger partial charge on any atom is 0.191 e. The van der Waals surface area contributed by atoms with Gasteiger partial charge in [0.1, 0.15) is 0 Å². The highest BCUT2D eigenvalue weighted by Gasteiger charge is 2.10. The third-order valence-electron chi connectivity index (χ3n) is 4.18. The molecule has 0 amide bonds. The third kappa shape index (κ3) is 7.36. The van der Waals surface area contributed by atoms with E-state index in [-0.39, 0.29) is 0 Å². The average molecular weight is 337 g/mol. The van der Waals surface area contributed by atoms with Crippen LogP contribution in [0.25, 0.3) is 0 Å². The fourth-order valence-electron chi connectivity index (χ4n) is 2.94. The summed E-state index contributed by atoms with van der Waals surface area (Å²) in [5, 5.41) is 8.98. The molecule has 0 bridgehead atoms. The zero-order chi connectivity index (χ0) is 16.3. The SMILES string of the molecule is CCNC(=NCC(C)Cc1cccs1)NCCCN1CCCC1.